The quantitative estimate of drug-likeness (QED) is 0.484. The van der Waals surface area contributed by atoms with E-state index in [0.29, 0.717) is 5.56 Å². The van der Waals surface area contributed by atoms with Gasteiger partial charge in [-0.05, 0) is 65.0 Å². The molecular weight excluding hydrogens is 320 g/mol. The Labute approximate surface area is 156 Å². The van der Waals surface area contributed by atoms with Gasteiger partial charge in [-0.15, -0.1) is 0 Å². The highest BCUT2D eigenvalue weighted by Gasteiger charge is 2.36. The predicted octanol–water partition coefficient (Wildman–Crippen LogP) is 6.25. The minimum absolute atomic E-state index is 0.169. The second-order valence-electron chi connectivity index (χ2n) is 8.60. The lowest BCUT2D eigenvalue weighted by atomic mass is 9.63. The minimum atomic E-state index is -0.329. The topological polar surface area (TPSA) is 26.3 Å². The van der Waals surface area contributed by atoms with Gasteiger partial charge in [-0.1, -0.05) is 64.1 Å². The average molecular weight is 348 g/mol. The number of rotatable bonds is 3. The van der Waals surface area contributed by atoms with Crippen molar-refractivity contribution in [1.29, 1.82) is 0 Å². The van der Waals surface area contributed by atoms with E-state index in [0.717, 1.165) is 11.1 Å². The van der Waals surface area contributed by atoms with Crippen LogP contribution in [0.15, 0.2) is 54.8 Å². The number of esters is 1. The largest absolute Gasteiger partial charge is 0.431 e. The first kappa shape index (κ1) is 18.4. The Morgan fingerprint density at radius 1 is 0.885 bits per heavy atom. The van der Waals surface area contributed by atoms with Gasteiger partial charge in [0.15, 0.2) is 0 Å². The highest BCUT2D eigenvalue weighted by Crippen LogP contribution is 2.46. The zero-order valence-electron chi connectivity index (χ0n) is 16.4. The Bertz CT molecular complexity index is 842. The number of hydrogen-bond acceptors (Lipinski definition) is 2. The molecule has 0 aromatic heterocycles. The van der Waals surface area contributed by atoms with E-state index < -0.39 is 0 Å². The van der Waals surface area contributed by atoms with Crippen LogP contribution in [0.1, 0.15) is 74.5 Å². The number of fused-ring (bicyclic) bond motifs is 1. The SMILES string of the molecule is C/C(=C\OC(=O)c1ccccc1)c1ccc2c(c1)C(C)(C)CCC2(C)C. The fraction of sp³-hybridized carbons (Fsp3) is 0.375. The number of carbonyl (C=O) groups excluding carboxylic acids is 1. The van der Waals surface area contributed by atoms with Gasteiger partial charge in [-0.3, -0.25) is 0 Å². The predicted molar refractivity (Wildman–Crippen MR) is 107 cm³/mol. The molecule has 0 fully saturated rings. The van der Waals surface area contributed by atoms with Crippen LogP contribution in [0.2, 0.25) is 0 Å². The molecule has 0 saturated heterocycles. The van der Waals surface area contributed by atoms with E-state index in [2.05, 4.69) is 45.9 Å². The number of hydrogen-bond donors (Lipinski definition) is 0. The molecule has 0 heterocycles. The monoisotopic (exact) mass is 348 g/mol. The van der Waals surface area contributed by atoms with Gasteiger partial charge in [0.25, 0.3) is 0 Å². The van der Waals surface area contributed by atoms with E-state index in [1.54, 1.807) is 18.4 Å². The molecule has 136 valence electrons. The summed E-state index contributed by atoms with van der Waals surface area (Å²) in [4.78, 5) is 12.1. The van der Waals surface area contributed by atoms with Crippen LogP contribution in [0.25, 0.3) is 5.57 Å². The second kappa shape index (κ2) is 6.75. The minimum Gasteiger partial charge on any atom is -0.431 e. The van der Waals surface area contributed by atoms with E-state index in [-0.39, 0.29) is 16.8 Å². The molecule has 26 heavy (non-hydrogen) atoms. The van der Waals surface area contributed by atoms with Gasteiger partial charge in [0.1, 0.15) is 0 Å². The summed E-state index contributed by atoms with van der Waals surface area (Å²) in [7, 11) is 0. The standard InChI is InChI=1S/C24H28O2/c1-17(16-26-22(25)18-9-7-6-8-10-18)19-11-12-20-21(15-19)24(4,5)14-13-23(20,2)3/h6-12,15-16H,13-14H2,1-5H3/b17-16+. The van der Waals surface area contributed by atoms with E-state index in [1.165, 1.54) is 24.0 Å². The lowest BCUT2D eigenvalue weighted by Crippen LogP contribution is -2.33. The molecule has 2 heteroatoms. The summed E-state index contributed by atoms with van der Waals surface area (Å²) in [5.41, 5.74) is 5.85. The highest BCUT2D eigenvalue weighted by atomic mass is 16.5. The molecule has 2 aromatic rings. The molecule has 0 atom stereocenters. The molecule has 0 aliphatic heterocycles. The van der Waals surface area contributed by atoms with Gasteiger partial charge in [0.05, 0.1) is 11.8 Å². The third-order valence-electron chi connectivity index (χ3n) is 5.66. The molecule has 0 bridgehead atoms. The van der Waals surface area contributed by atoms with Crippen molar-refractivity contribution < 1.29 is 9.53 Å². The zero-order chi connectivity index (χ0) is 18.9. The lowest BCUT2D eigenvalue weighted by molar-refractivity contribution is 0.0664. The number of benzene rings is 2. The zero-order valence-corrected chi connectivity index (χ0v) is 16.4. The van der Waals surface area contributed by atoms with Crippen molar-refractivity contribution >= 4 is 11.5 Å². The smallest absolute Gasteiger partial charge is 0.342 e. The van der Waals surface area contributed by atoms with E-state index in [4.69, 9.17) is 4.74 Å². The van der Waals surface area contributed by atoms with Crippen LogP contribution in [0.3, 0.4) is 0 Å². The second-order valence-corrected chi connectivity index (χ2v) is 8.60. The maximum atomic E-state index is 12.1. The Kier molecular flexibility index (Phi) is 4.79. The van der Waals surface area contributed by atoms with Crippen molar-refractivity contribution in [2.45, 2.75) is 58.3 Å². The molecule has 1 aliphatic rings. The van der Waals surface area contributed by atoms with Crippen LogP contribution < -0.4 is 0 Å². The van der Waals surface area contributed by atoms with Crippen molar-refractivity contribution in [1.82, 2.24) is 0 Å². The molecule has 2 nitrogen and oxygen atoms in total. The molecular formula is C24H28O2. The number of allylic oxidation sites excluding steroid dienone is 1. The van der Waals surface area contributed by atoms with Gasteiger partial charge in [0, 0.05) is 0 Å². The molecule has 0 radical (unpaired) electrons. The van der Waals surface area contributed by atoms with Gasteiger partial charge in [-0.2, -0.15) is 0 Å². The number of carbonyl (C=O) groups is 1. The fourth-order valence-corrected chi connectivity index (χ4v) is 3.69. The summed E-state index contributed by atoms with van der Waals surface area (Å²) in [6.07, 6.45) is 3.95. The average Bonchev–Trinajstić information content (AvgIpc) is 2.63. The molecule has 2 aromatic carbocycles. The summed E-state index contributed by atoms with van der Waals surface area (Å²) < 4.78 is 5.38. The van der Waals surface area contributed by atoms with Crippen LogP contribution in [0.5, 0.6) is 0 Å². The van der Waals surface area contributed by atoms with E-state index in [1.807, 2.05) is 25.1 Å². The summed E-state index contributed by atoms with van der Waals surface area (Å²) >= 11 is 0. The van der Waals surface area contributed by atoms with Crippen LogP contribution in [0.4, 0.5) is 0 Å². The lowest BCUT2D eigenvalue weighted by Gasteiger charge is -2.42. The Morgan fingerprint density at radius 2 is 1.50 bits per heavy atom. The third-order valence-corrected chi connectivity index (χ3v) is 5.66. The van der Waals surface area contributed by atoms with Crippen molar-refractivity contribution in [2.24, 2.45) is 0 Å². The third kappa shape index (κ3) is 3.60. The van der Waals surface area contributed by atoms with Crippen LogP contribution in [-0.4, -0.2) is 5.97 Å². The van der Waals surface area contributed by atoms with Crippen LogP contribution in [-0.2, 0) is 15.6 Å². The molecule has 3 rings (SSSR count). The first-order valence-electron chi connectivity index (χ1n) is 9.29. The fourth-order valence-electron chi connectivity index (χ4n) is 3.69. The van der Waals surface area contributed by atoms with Gasteiger partial charge in [-0.25, -0.2) is 4.79 Å². The Balaban J connectivity index is 1.87. The van der Waals surface area contributed by atoms with E-state index >= 15 is 0 Å². The van der Waals surface area contributed by atoms with Crippen molar-refractivity contribution in [3.63, 3.8) is 0 Å². The summed E-state index contributed by atoms with van der Waals surface area (Å²) in [6, 6.07) is 15.7. The summed E-state index contributed by atoms with van der Waals surface area (Å²) in [6.45, 7) is 11.3. The molecule has 0 spiro atoms. The molecule has 0 saturated carbocycles. The number of ether oxygens (including phenoxy) is 1. The molecule has 1 aliphatic carbocycles. The maximum Gasteiger partial charge on any atom is 0.342 e. The van der Waals surface area contributed by atoms with Gasteiger partial charge >= 0.3 is 5.97 Å². The molecule has 0 N–H and O–H groups in total. The highest BCUT2D eigenvalue weighted by molar-refractivity contribution is 5.90. The first-order chi connectivity index (χ1) is 12.2. The molecule has 0 amide bonds. The van der Waals surface area contributed by atoms with Crippen molar-refractivity contribution in [2.75, 3.05) is 0 Å². The Morgan fingerprint density at radius 3 is 2.15 bits per heavy atom. The van der Waals surface area contributed by atoms with E-state index in [9.17, 15) is 4.79 Å². The van der Waals surface area contributed by atoms with Crippen molar-refractivity contribution in [3.05, 3.63) is 77.0 Å². The van der Waals surface area contributed by atoms with Crippen LogP contribution >= 0.6 is 0 Å². The maximum absolute atomic E-state index is 12.1. The normalized spacial score (nSPS) is 18.1. The summed E-state index contributed by atoms with van der Waals surface area (Å²) in [5.74, 6) is -0.329. The first-order valence-corrected chi connectivity index (χ1v) is 9.29. The van der Waals surface area contributed by atoms with Crippen LogP contribution in [0, 0.1) is 0 Å². The van der Waals surface area contributed by atoms with Crippen molar-refractivity contribution in [3.8, 4) is 0 Å². The van der Waals surface area contributed by atoms with Gasteiger partial charge < -0.3 is 4.74 Å². The molecule has 0 unspecified atom stereocenters. The Hall–Kier alpha value is -2.35. The van der Waals surface area contributed by atoms with Gasteiger partial charge in [0.2, 0.25) is 0 Å². The summed E-state index contributed by atoms with van der Waals surface area (Å²) in [5, 5.41) is 0.